The van der Waals surface area contributed by atoms with Crippen LogP contribution in [0.4, 0.5) is 33.2 Å². The van der Waals surface area contributed by atoms with Gasteiger partial charge in [-0.3, -0.25) is 50.5 Å². The monoisotopic (exact) mass is 919 g/mol. The molecule has 1 amide bonds. The molecule has 0 heterocycles. The van der Waals surface area contributed by atoms with Crippen molar-refractivity contribution in [2.45, 2.75) is 0 Å². The van der Waals surface area contributed by atoms with Crippen LogP contribution in [-0.2, 0) is 41.8 Å². The third-order valence-electron chi connectivity index (χ3n) is 8.58. The van der Waals surface area contributed by atoms with E-state index >= 15 is 0 Å². The maximum absolute atomic E-state index is 12.6. The van der Waals surface area contributed by atoms with Gasteiger partial charge in [-0.15, -0.1) is 0 Å². The smallest absolute Gasteiger partial charge is 0.506 e. The van der Waals surface area contributed by atoms with Crippen LogP contribution in [0.2, 0.25) is 0 Å². The quantitative estimate of drug-likeness (QED) is 0.0392. The molecule has 0 bridgehead atoms. The predicted octanol–water partition coefficient (Wildman–Crippen LogP) is -0.0225. The maximum atomic E-state index is 12.6. The van der Waals surface area contributed by atoms with Crippen LogP contribution in [0.15, 0.2) is 113 Å². The third kappa shape index (κ3) is 11.2. The van der Waals surface area contributed by atoms with Crippen LogP contribution in [0.1, 0.15) is 22.3 Å². The summed E-state index contributed by atoms with van der Waals surface area (Å²) in [5.74, 6) is -1.82. The Morgan fingerprint density at radius 3 is 2.06 bits per heavy atom. The number of nitrogens with one attached hydrogen (secondary N) is 3. The van der Waals surface area contributed by atoms with Crippen molar-refractivity contribution in [3.63, 3.8) is 0 Å². The van der Waals surface area contributed by atoms with Gasteiger partial charge in [-0.2, -0.15) is 18.6 Å². The van der Waals surface area contributed by atoms with E-state index in [0.717, 1.165) is 23.6 Å². The summed E-state index contributed by atoms with van der Waals surface area (Å²) in [6, 6.07) is 21.9. The van der Waals surface area contributed by atoms with Crippen LogP contribution >= 0.6 is 0 Å². The molecule has 2 aliphatic carbocycles. The predicted molar refractivity (Wildman–Crippen MR) is 215 cm³/mol. The average Bonchev–Trinajstić information content (AvgIpc) is 3.20. The third-order valence-corrected chi connectivity index (χ3v) is 9.47. The maximum Gasteiger partial charge on any atom is 1.00 e. The molecule has 0 aliphatic heterocycles. The van der Waals surface area contributed by atoms with Gasteiger partial charge in [-0.05, 0) is 41.3 Å². The molecule has 0 fully saturated rings. The summed E-state index contributed by atoms with van der Waals surface area (Å²) in [4.78, 5) is 56.2. The molecule has 6 N–H and O–H groups in total. The average molecular weight is 920 g/mol. The van der Waals surface area contributed by atoms with Gasteiger partial charge < -0.3 is 14.9 Å². The first-order valence-corrected chi connectivity index (χ1v) is 18.1. The van der Waals surface area contributed by atoms with E-state index in [1.54, 1.807) is 42.5 Å². The second-order valence-electron chi connectivity index (χ2n) is 12.2. The van der Waals surface area contributed by atoms with Crippen molar-refractivity contribution in [2.24, 2.45) is 10.2 Å². The number of carbonyl (C=O) groups excluding carboxylic acids is 3. The van der Waals surface area contributed by atoms with E-state index < -0.39 is 54.0 Å². The number of methoxy groups -OCH3 is 1. The van der Waals surface area contributed by atoms with Crippen LogP contribution in [0.5, 0.6) is 11.5 Å². The number of anilines is 3. The molecule has 5 aromatic carbocycles. The molecule has 0 radical (unpaired) electrons. The number of carbonyl (C=O) groups is 3. The number of nitro groups is 2. The van der Waals surface area contributed by atoms with Crippen molar-refractivity contribution in [3.05, 3.63) is 146 Å². The van der Waals surface area contributed by atoms with Gasteiger partial charge in [0.2, 0.25) is 11.6 Å². The fourth-order valence-corrected chi connectivity index (χ4v) is 6.54. The zero-order valence-corrected chi connectivity index (χ0v) is 38.5. The summed E-state index contributed by atoms with van der Waals surface area (Å²) in [6.45, 7) is 0. The van der Waals surface area contributed by atoms with Crippen molar-refractivity contribution in [2.75, 3.05) is 23.3 Å². The molecular weight excluding hydrogens is 892 g/mol. The van der Waals surface area contributed by atoms with Gasteiger partial charge in [0.1, 0.15) is 33.5 Å². The Morgan fingerprint density at radius 1 is 0.742 bits per heavy atom. The first-order valence-electron chi connectivity index (χ1n) is 16.7. The summed E-state index contributed by atoms with van der Waals surface area (Å²) < 4.78 is 37.5. The second kappa shape index (κ2) is 21.3. The van der Waals surface area contributed by atoms with Gasteiger partial charge in [0.25, 0.3) is 21.5 Å². The molecule has 62 heavy (non-hydrogen) atoms. The SMILES string of the molecule is COC(=O)Nc1cccc2c1/C(=N/Nc1ccc([N+](=O)[O-])cc1O)C(=O)C=C2.O=C1C=C(S(=O)(=O)O)c2cc([N+](=O)[O-])ccc2/C1=N/Nc1c(O)ccc2ccccc12.[Cr].[Na+].[Na+]. The number of hydrogen-bond donors (Lipinski definition) is 6. The van der Waals surface area contributed by atoms with Crippen LogP contribution in [0.3, 0.4) is 0 Å². The fourth-order valence-electron chi connectivity index (χ4n) is 5.83. The van der Waals surface area contributed by atoms with E-state index in [1.807, 2.05) is 12.1 Å². The summed E-state index contributed by atoms with van der Waals surface area (Å²) in [7, 11) is -3.63. The molecule has 0 spiro atoms. The summed E-state index contributed by atoms with van der Waals surface area (Å²) in [5.41, 5.74) is 5.53. The molecule has 2 aliphatic rings. The molecular formula is C38H27CrN7Na2O13S+2. The van der Waals surface area contributed by atoms with Crippen molar-refractivity contribution in [1.29, 1.82) is 0 Å². The minimum Gasteiger partial charge on any atom is -0.506 e. The van der Waals surface area contributed by atoms with Crippen molar-refractivity contribution in [3.8, 4) is 11.5 Å². The molecule has 0 saturated carbocycles. The number of phenols is 2. The van der Waals surface area contributed by atoms with Crippen LogP contribution in [-0.4, -0.2) is 69.2 Å². The second-order valence-corrected chi connectivity index (χ2v) is 13.6. The van der Waals surface area contributed by atoms with Crippen molar-refractivity contribution < 1.29 is 129 Å². The normalized spacial score (nSPS) is 13.7. The number of nitro benzene ring substituents is 2. The number of ketones is 2. The number of aromatic hydroxyl groups is 2. The van der Waals surface area contributed by atoms with Gasteiger partial charge in [0.05, 0.1) is 34.4 Å². The number of amides is 1. The summed E-state index contributed by atoms with van der Waals surface area (Å²) in [5, 5.41) is 54.0. The molecule has 0 aromatic heterocycles. The van der Waals surface area contributed by atoms with Gasteiger partial charge in [-0.25, -0.2) is 4.79 Å². The Hall–Kier alpha value is -5.77. The van der Waals surface area contributed by atoms with Crippen molar-refractivity contribution >= 4 is 89.4 Å². The number of allylic oxidation sites excluding steroid dienone is 2. The Bertz CT molecular complexity index is 2890. The minimum atomic E-state index is -4.84. The Labute approximate surface area is 405 Å². The Morgan fingerprint density at radius 2 is 1.40 bits per heavy atom. The number of phenolic OH excluding ortho intramolecular Hbond substituents is 2. The summed E-state index contributed by atoms with van der Waals surface area (Å²) in [6.07, 6.45) is 2.84. The molecule has 7 rings (SSSR count). The van der Waals surface area contributed by atoms with Crippen molar-refractivity contribution in [1.82, 2.24) is 0 Å². The number of benzene rings is 5. The van der Waals surface area contributed by atoms with Crippen LogP contribution in [0.25, 0.3) is 21.8 Å². The first kappa shape index (κ1) is 50.6. The van der Waals surface area contributed by atoms with E-state index in [2.05, 4.69) is 31.1 Å². The van der Waals surface area contributed by atoms with E-state index in [9.17, 15) is 57.8 Å². The number of hydrogen-bond acceptors (Lipinski definition) is 16. The molecule has 304 valence electrons. The topological polar surface area (TPSA) is 302 Å². The standard InChI is InChI=1S/C20H13N3O7S.C18H14N4O6.Cr.2Na/c24-16-8-5-11-3-1-2-4-13(11)19(16)21-22-20-14-7-6-12(23(26)27)9-15(14)18(10-17(20)25)31(28,29)30;1-28-18(25)19-13-4-2-3-10-5-8-14(23)17(16(10)13)21-20-12-7-6-11(22(26)27)9-15(12)24;;;/h1-10,21,24H,(H,28,29,30);2-9,20,24H,1H3,(H,19,25);;;/q;;;2*+1/b22-20-;21-17+;;;. The van der Waals surface area contributed by atoms with E-state index in [4.69, 9.17) is 0 Å². The van der Waals surface area contributed by atoms with E-state index in [-0.39, 0.29) is 122 Å². The number of fused-ring (bicyclic) bond motifs is 3. The molecule has 24 heteroatoms. The number of ether oxygens (including phenoxy) is 1. The first-order chi connectivity index (χ1) is 28.1. The van der Waals surface area contributed by atoms with Gasteiger partial charge >= 0.3 is 65.2 Å². The number of rotatable bonds is 8. The Kier molecular flexibility index (Phi) is 17.4. The van der Waals surface area contributed by atoms with E-state index in [1.165, 1.54) is 37.5 Å². The van der Waals surface area contributed by atoms with Gasteiger partial charge in [-0.1, -0.05) is 48.5 Å². The van der Waals surface area contributed by atoms with Gasteiger partial charge in [0.15, 0.2) is 0 Å². The van der Waals surface area contributed by atoms with E-state index in [0.29, 0.717) is 28.3 Å². The molecule has 0 atom stereocenters. The zero-order valence-electron chi connectivity index (χ0n) is 32.4. The fraction of sp³-hybridized carbons (Fsp3) is 0.0263. The molecule has 0 unspecified atom stereocenters. The number of hydrazone groups is 2. The molecule has 5 aromatic rings. The van der Waals surface area contributed by atoms with Gasteiger partial charge in [0, 0.05) is 63.7 Å². The summed E-state index contributed by atoms with van der Waals surface area (Å²) >= 11 is 0. The van der Waals surface area contributed by atoms with Crippen LogP contribution in [0, 0.1) is 20.2 Å². The molecule has 20 nitrogen and oxygen atoms in total. The number of non-ortho nitro benzene ring substituents is 2. The number of nitrogens with zero attached hydrogens (tertiary/aromatic N) is 4. The minimum absolute atomic E-state index is 0. The van der Waals surface area contributed by atoms with Crippen LogP contribution < -0.4 is 75.3 Å². The largest absolute Gasteiger partial charge is 1.00 e. The molecule has 0 saturated heterocycles. The Balaban J connectivity index is 0.000000317. The zero-order chi connectivity index (χ0) is 42.6.